The van der Waals surface area contributed by atoms with Crippen LogP contribution in [0.15, 0.2) is 181 Å². The molecule has 0 fully saturated rings. The van der Waals surface area contributed by atoms with E-state index in [1.54, 1.807) is 11.3 Å². The molecule has 2 heterocycles. The van der Waals surface area contributed by atoms with Gasteiger partial charge < -0.3 is 20.1 Å². The van der Waals surface area contributed by atoms with Gasteiger partial charge in [0.05, 0.1) is 11.0 Å². The van der Waals surface area contributed by atoms with Crippen LogP contribution in [0, 0.1) is 5.92 Å². The summed E-state index contributed by atoms with van der Waals surface area (Å²) in [6.07, 6.45) is 16.2. The molecule has 4 heteroatoms. The van der Waals surface area contributed by atoms with Crippen molar-refractivity contribution in [1.82, 2.24) is 4.57 Å². The predicted molar refractivity (Wildman–Crippen MR) is 236 cm³/mol. The van der Waals surface area contributed by atoms with Crippen LogP contribution in [0.3, 0.4) is 0 Å². The Morgan fingerprint density at radius 1 is 0.518 bits per heavy atom. The van der Waals surface area contributed by atoms with Crippen LogP contribution in [-0.4, -0.2) is 23.7 Å². The highest BCUT2D eigenvalue weighted by Crippen LogP contribution is 2.46. The summed E-state index contributed by atoms with van der Waals surface area (Å²) in [7, 11) is 0. The Balaban J connectivity index is 0.698. The van der Waals surface area contributed by atoms with Crippen LogP contribution in [0.4, 0.5) is 17.1 Å². The molecule has 7 aromatic rings. The van der Waals surface area contributed by atoms with Gasteiger partial charge in [0.15, 0.2) is 0 Å². The van der Waals surface area contributed by atoms with E-state index in [1.165, 1.54) is 68.3 Å². The first kappa shape index (κ1) is 34.2. The van der Waals surface area contributed by atoms with E-state index in [9.17, 15) is 0 Å². The van der Waals surface area contributed by atoms with Gasteiger partial charge in [-0.3, -0.25) is 0 Å². The first-order chi connectivity index (χ1) is 27.7. The summed E-state index contributed by atoms with van der Waals surface area (Å²) in [5.41, 5.74) is 15.7. The maximum Gasteiger partial charge on any atom is 0.0541 e. The van der Waals surface area contributed by atoms with Crippen LogP contribution in [0.1, 0.15) is 47.9 Å². The zero-order chi connectivity index (χ0) is 37.3. The lowest BCUT2D eigenvalue weighted by molar-refractivity contribution is 0.524. The largest absolute Gasteiger partial charge is 0.383 e. The summed E-state index contributed by atoms with van der Waals surface area (Å²) in [4.78, 5) is 2.66. The number of anilines is 3. The van der Waals surface area contributed by atoms with E-state index in [0.717, 1.165) is 50.1 Å². The molecule has 4 nitrogen and oxygen atoms in total. The highest BCUT2D eigenvalue weighted by atomic mass is 15.2. The summed E-state index contributed by atoms with van der Waals surface area (Å²) in [5.74, 6) is 0.547. The molecule has 3 aliphatic rings. The van der Waals surface area contributed by atoms with E-state index in [4.69, 9.17) is 0 Å². The van der Waals surface area contributed by atoms with Crippen LogP contribution in [-0.2, 0) is 12.8 Å². The van der Waals surface area contributed by atoms with Crippen molar-refractivity contribution < 1.29 is 0 Å². The number of nitrogens with one attached hydrogen (secondary N) is 2. The fourth-order valence-electron chi connectivity index (χ4n) is 9.30. The number of allylic oxidation sites excluding steroid dienone is 4. The second kappa shape index (κ2) is 15.1. The average molecular weight is 729 g/mol. The minimum Gasteiger partial charge on any atom is -0.383 e. The van der Waals surface area contributed by atoms with E-state index < -0.39 is 0 Å². The summed E-state index contributed by atoms with van der Waals surface area (Å²) >= 11 is 0. The lowest BCUT2D eigenvalue weighted by atomic mass is 9.85. The van der Waals surface area contributed by atoms with E-state index >= 15 is 0 Å². The third kappa shape index (κ3) is 6.70. The number of benzene rings is 6. The van der Waals surface area contributed by atoms with Crippen molar-refractivity contribution in [2.24, 2.45) is 5.92 Å². The van der Waals surface area contributed by atoms with Gasteiger partial charge in [-0.05, 0) is 127 Å². The smallest absolute Gasteiger partial charge is 0.0541 e. The fraction of sp³-hybridized carbons (Fsp3) is 0.192. The zero-order valence-corrected chi connectivity index (χ0v) is 31.9. The molecule has 0 amide bonds. The van der Waals surface area contributed by atoms with Gasteiger partial charge in [-0.15, -0.1) is 0 Å². The molecule has 56 heavy (non-hydrogen) atoms. The number of aromatic nitrogens is 1. The van der Waals surface area contributed by atoms with Gasteiger partial charge in [-0.1, -0.05) is 109 Å². The van der Waals surface area contributed by atoms with Crippen molar-refractivity contribution in [2.75, 3.05) is 28.6 Å². The average Bonchev–Trinajstić information content (AvgIpc) is 3.77. The molecule has 276 valence electrons. The zero-order valence-electron chi connectivity index (χ0n) is 31.9. The van der Waals surface area contributed by atoms with Crippen LogP contribution in [0.25, 0.3) is 27.5 Å². The van der Waals surface area contributed by atoms with Gasteiger partial charge in [0.1, 0.15) is 0 Å². The predicted octanol–water partition coefficient (Wildman–Crippen LogP) is 12.2. The number of para-hydroxylation sites is 2. The van der Waals surface area contributed by atoms with Crippen molar-refractivity contribution in [3.63, 3.8) is 0 Å². The molecule has 2 aliphatic carbocycles. The summed E-state index contributed by atoms with van der Waals surface area (Å²) in [6.45, 7) is 1.70. The Morgan fingerprint density at radius 2 is 1.04 bits per heavy atom. The Kier molecular flexibility index (Phi) is 9.24. The number of fused-ring (bicyclic) bond motifs is 5. The van der Waals surface area contributed by atoms with Crippen LogP contribution >= 0.6 is 0 Å². The summed E-state index contributed by atoms with van der Waals surface area (Å²) in [5, 5.41) is 9.75. The van der Waals surface area contributed by atoms with Crippen molar-refractivity contribution in [1.29, 1.82) is 0 Å². The highest BCUT2D eigenvalue weighted by Gasteiger charge is 2.40. The fourth-order valence-corrected chi connectivity index (χ4v) is 9.30. The molecule has 0 saturated heterocycles. The van der Waals surface area contributed by atoms with E-state index in [2.05, 4.69) is 190 Å². The second-order valence-corrected chi connectivity index (χ2v) is 15.6. The molecule has 1 aliphatic heterocycles. The number of hydrogen-bond donors (Lipinski definition) is 2. The molecule has 0 bridgehead atoms. The molecule has 0 saturated carbocycles. The van der Waals surface area contributed by atoms with Crippen molar-refractivity contribution >= 4 is 38.9 Å². The molecule has 2 atom stereocenters. The lowest BCUT2D eigenvalue weighted by Gasteiger charge is -2.33. The first-order valence-corrected chi connectivity index (χ1v) is 20.4. The molecule has 2 N–H and O–H groups in total. The van der Waals surface area contributed by atoms with E-state index in [0.29, 0.717) is 12.0 Å². The summed E-state index contributed by atoms with van der Waals surface area (Å²) in [6, 6.07) is 54.1. The molecule has 1 aromatic heterocycles. The minimum absolute atomic E-state index is 0.547. The Morgan fingerprint density at radius 3 is 1.61 bits per heavy atom. The monoisotopic (exact) mass is 728 g/mol. The van der Waals surface area contributed by atoms with Crippen LogP contribution in [0.5, 0.6) is 0 Å². The Hall–Kier alpha value is -6.26. The molecule has 0 radical (unpaired) electrons. The third-order valence-corrected chi connectivity index (χ3v) is 12.0. The van der Waals surface area contributed by atoms with E-state index in [-0.39, 0.29) is 0 Å². The highest BCUT2D eigenvalue weighted by molar-refractivity contribution is 6.09. The second-order valence-electron chi connectivity index (χ2n) is 15.6. The van der Waals surface area contributed by atoms with Gasteiger partial charge in [0.25, 0.3) is 0 Å². The SMILES string of the molecule is C1=CC2=C(CC1)N(c1ccc(Cc3ccc(NCCNc4ccc(Cc5ccc(-n6c7ccccc7c7ccccc76)cc5)cc4)cc3)cc1)C1CCC=CC21. The molecule has 0 spiro atoms. The normalized spacial score (nSPS) is 17.4. The number of rotatable bonds is 11. The van der Waals surface area contributed by atoms with Gasteiger partial charge in [0.2, 0.25) is 0 Å². The van der Waals surface area contributed by atoms with Crippen LogP contribution < -0.4 is 15.5 Å². The quantitative estimate of drug-likeness (QED) is 0.103. The standard InChI is InChI=1S/C52H48N4/c1-5-13-49-45(9-1)46-10-2-6-14-50(46)55(49)43-29-21-39(22-30-43)35-37-17-25-41(26-18-37)53-33-34-54-42-27-19-38(20-28-42)36-40-23-31-44(32-24-40)56-51-15-7-3-11-47(51)48-12-4-8-16-52(48)56/h1-6,9-14,17-32,47,51,53-54H,7-8,15-16,33-36H2. The molecular formula is C52H48N4. The maximum absolute atomic E-state index is 3.58. The Labute approximate surface area is 330 Å². The Bertz CT molecular complexity index is 2520. The van der Waals surface area contributed by atoms with Crippen LogP contribution in [0.2, 0.25) is 0 Å². The maximum atomic E-state index is 3.58. The summed E-state index contributed by atoms with van der Waals surface area (Å²) < 4.78 is 2.37. The topological polar surface area (TPSA) is 32.2 Å². The molecule has 6 aromatic carbocycles. The molecule has 2 unspecified atom stereocenters. The van der Waals surface area contributed by atoms with Crippen molar-refractivity contribution in [3.05, 3.63) is 203 Å². The van der Waals surface area contributed by atoms with Crippen molar-refractivity contribution in [2.45, 2.75) is 44.6 Å². The molecule has 10 rings (SSSR count). The first-order valence-electron chi connectivity index (χ1n) is 20.4. The lowest BCUT2D eigenvalue weighted by Crippen LogP contribution is -2.34. The number of nitrogens with zero attached hydrogens (tertiary/aromatic N) is 2. The van der Waals surface area contributed by atoms with Gasteiger partial charge >= 0.3 is 0 Å². The van der Waals surface area contributed by atoms with Gasteiger partial charge in [-0.2, -0.15) is 0 Å². The third-order valence-electron chi connectivity index (χ3n) is 12.0. The number of hydrogen-bond acceptors (Lipinski definition) is 3. The molecular weight excluding hydrogens is 681 g/mol. The van der Waals surface area contributed by atoms with Gasteiger partial charge in [0, 0.05) is 64.3 Å². The minimum atomic E-state index is 0.547. The van der Waals surface area contributed by atoms with E-state index in [1.807, 2.05) is 0 Å². The van der Waals surface area contributed by atoms with Crippen molar-refractivity contribution in [3.8, 4) is 5.69 Å². The van der Waals surface area contributed by atoms with Gasteiger partial charge in [-0.25, -0.2) is 0 Å².